The fraction of sp³-hybridized carbons (Fsp3) is 0.560. The molecule has 2 fully saturated rings. The van der Waals surface area contributed by atoms with Gasteiger partial charge in [-0.2, -0.15) is 5.26 Å². The molecule has 4 rings (SSSR count). The van der Waals surface area contributed by atoms with Crippen LogP contribution in [0.4, 0.5) is 4.39 Å². The number of hydrogen-bond donors (Lipinski definition) is 0. The van der Waals surface area contributed by atoms with E-state index in [0.717, 1.165) is 28.7 Å². The second-order valence-electron chi connectivity index (χ2n) is 8.90. The molecule has 0 saturated heterocycles. The summed E-state index contributed by atoms with van der Waals surface area (Å²) in [6.45, 7) is 2.29. The van der Waals surface area contributed by atoms with Crippen molar-refractivity contribution in [3.63, 3.8) is 0 Å². The van der Waals surface area contributed by atoms with E-state index in [4.69, 9.17) is 5.26 Å². The summed E-state index contributed by atoms with van der Waals surface area (Å²) < 4.78 is 14.7. The minimum atomic E-state index is -0.176. The fourth-order valence-corrected chi connectivity index (χ4v) is 5.68. The lowest BCUT2D eigenvalue weighted by atomic mass is 9.63. The predicted octanol–water partition coefficient (Wildman–Crippen LogP) is 7.34. The van der Waals surface area contributed by atoms with Gasteiger partial charge in [0.1, 0.15) is 5.82 Å². The highest BCUT2D eigenvalue weighted by Crippen LogP contribution is 2.48. The molecule has 0 amide bonds. The van der Waals surface area contributed by atoms with Gasteiger partial charge in [-0.05, 0) is 84.9 Å². The minimum Gasteiger partial charge on any atom is -0.206 e. The molecule has 0 spiro atoms. The molecule has 0 bridgehead atoms. The Kier molecular flexibility index (Phi) is 5.48. The first-order chi connectivity index (χ1) is 13.2. The number of hydrogen-bond acceptors (Lipinski definition) is 1. The lowest BCUT2D eigenvalue weighted by Crippen LogP contribution is -2.30. The fourth-order valence-electron chi connectivity index (χ4n) is 5.68. The van der Waals surface area contributed by atoms with E-state index in [1.54, 1.807) is 18.2 Å². The Morgan fingerprint density at radius 2 is 1.85 bits per heavy atom. The number of nitriles is 1. The first-order valence-corrected chi connectivity index (χ1v) is 10.8. The topological polar surface area (TPSA) is 23.8 Å². The molecule has 2 heteroatoms. The van der Waals surface area contributed by atoms with Crippen molar-refractivity contribution in [1.82, 2.24) is 0 Å². The van der Waals surface area contributed by atoms with E-state index in [-0.39, 0.29) is 5.82 Å². The summed E-state index contributed by atoms with van der Waals surface area (Å²) >= 11 is 0. The van der Waals surface area contributed by atoms with Gasteiger partial charge in [-0.25, -0.2) is 4.39 Å². The van der Waals surface area contributed by atoms with Crippen LogP contribution in [0.1, 0.15) is 81.8 Å². The summed E-state index contributed by atoms with van der Waals surface area (Å²) in [6, 6.07) is 11.4. The van der Waals surface area contributed by atoms with E-state index < -0.39 is 0 Å². The number of nitrogens with zero attached hydrogens (tertiary/aromatic N) is 1. The zero-order chi connectivity index (χ0) is 18.8. The molecule has 0 N–H and O–H groups in total. The van der Waals surface area contributed by atoms with Crippen LogP contribution in [0, 0.1) is 34.9 Å². The molecule has 0 radical (unpaired) electrons. The first kappa shape index (κ1) is 18.5. The van der Waals surface area contributed by atoms with Crippen molar-refractivity contribution in [2.75, 3.05) is 0 Å². The number of rotatable bonds is 4. The summed E-state index contributed by atoms with van der Waals surface area (Å²) in [5.74, 6) is 3.01. The summed E-state index contributed by atoms with van der Waals surface area (Å²) in [4.78, 5) is 0. The van der Waals surface area contributed by atoms with Gasteiger partial charge in [-0.15, -0.1) is 0 Å². The highest BCUT2D eigenvalue weighted by Gasteiger charge is 2.35. The maximum Gasteiger partial charge on any atom is 0.131 e. The second kappa shape index (κ2) is 8.01. The van der Waals surface area contributed by atoms with Gasteiger partial charge in [-0.3, -0.25) is 0 Å². The Morgan fingerprint density at radius 1 is 1.04 bits per heavy atom. The van der Waals surface area contributed by atoms with Gasteiger partial charge in [0.15, 0.2) is 0 Å². The van der Waals surface area contributed by atoms with Crippen molar-refractivity contribution >= 4 is 10.8 Å². The smallest absolute Gasteiger partial charge is 0.131 e. The zero-order valence-corrected chi connectivity index (χ0v) is 16.4. The van der Waals surface area contributed by atoms with Crippen LogP contribution in [-0.2, 0) is 0 Å². The van der Waals surface area contributed by atoms with E-state index in [2.05, 4.69) is 19.1 Å². The molecule has 0 heterocycles. The SMILES string of the molecule is CCCC[C@@H]1CC[C@@H]2CC(c3cc(F)c4cc(C#N)ccc4c3)CCC2C1. The first-order valence-electron chi connectivity index (χ1n) is 10.8. The lowest BCUT2D eigenvalue weighted by molar-refractivity contribution is 0.113. The van der Waals surface area contributed by atoms with Gasteiger partial charge >= 0.3 is 0 Å². The molecule has 27 heavy (non-hydrogen) atoms. The van der Waals surface area contributed by atoms with E-state index in [1.807, 2.05) is 6.07 Å². The van der Waals surface area contributed by atoms with Gasteiger partial charge in [0, 0.05) is 5.39 Å². The summed E-state index contributed by atoms with van der Waals surface area (Å²) in [7, 11) is 0. The number of unbranched alkanes of at least 4 members (excludes halogenated alkanes) is 1. The summed E-state index contributed by atoms with van der Waals surface area (Å²) in [5.41, 5.74) is 1.69. The van der Waals surface area contributed by atoms with Gasteiger partial charge < -0.3 is 0 Å². The molecular weight excluding hydrogens is 333 g/mol. The van der Waals surface area contributed by atoms with Crippen molar-refractivity contribution in [3.05, 3.63) is 47.3 Å². The molecule has 2 aliphatic rings. The molecule has 2 aromatic carbocycles. The average Bonchev–Trinajstić information content (AvgIpc) is 2.71. The molecule has 0 aliphatic heterocycles. The third-order valence-corrected chi connectivity index (χ3v) is 7.21. The molecule has 4 atom stereocenters. The van der Waals surface area contributed by atoms with Gasteiger partial charge in [0.25, 0.3) is 0 Å². The lowest BCUT2D eigenvalue weighted by Gasteiger charge is -2.42. The van der Waals surface area contributed by atoms with Gasteiger partial charge in [0.2, 0.25) is 0 Å². The molecule has 2 aromatic rings. The Hall–Kier alpha value is -1.88. The quantitative estimate of drug-likeness (QED) is 0.557. The molecule has 0 aromatic heterocycles. The van der Waals surface area contributed by atoms with Crippen molar-refractivity contribution in [2.45, 2.75) is 70.6 Å². The van der Waals surface area contributed by atoms with E-state index in [0.29, 0.717) is 16.9 Å². The molecule has 2 aliphatic carbocycles. The van der Waals surface area contributed by atoms with Crippen LogP contribution < -0.4 is 0 Å². The van der Waals surface area contributed by atoms with E-state index in [9.17, 15) is 4.39 Å². The van der Waals surface area contributed by atoms with Crippen LogP contribution in [0.3, 0.4) is 0 Å². The summed E-state index contributed by atoms with van der Waals surface area (Å²) in [5, 5.41) is 10.5. The van der Waals surface area contributed by atoms with Crippen LogP contribution in [0.5, 0.6) is 0 Å². The minimum absolute atomic E-state index is 0.176. The average molecular weight is 364 g/mol. The Balaban J connectivity index is 1.49. The molecular formula is C25H30FN. The van der Waals surface area contributed by atoms with Crippen molar-refractivity contribution in [2.24, 2.45) is 17.8 Å². The maximum absolute atomic E-state index is 14.7. The summed E-state index contributed by atoms with van der Waals surface area (Å²) in [6.07, 6.45) is 12.1. The Morgan fingerprint density at radius 3 is 2.67 bits per heavy atom. The van der Waals surface area contributed by atoms with Crippen LogP contribution in [0.2, 0.25) is 0 Å². The predicted molar refractivity (Wildman–Crippen MR) is 109 cm³/mol. The monoisotopic (exact) mass is 363 g/mol. The zero-order valence-electron chi connectivity index (χ0n) is 16.4. The van der Waals surface area contributed by atoms with Crippen LogP contribution in [-0.4, -0.2) is 0 Å². The number of fused-ring (bicyclic) bond motifs is 2. The van der Waals surface area contributed by atoms with Crippen molar-refractivity contribution < 1.29 is 4.39 Å². The van der Waals surface area contributed by atoms with E-state index >= 15 is 0 Å². The van der Waals surface area contributed by atoms with Crippen molar-refractivity contribution in [1.29, 1.82) is 5.26 Å². The molecule has 1 nitrogen and oxygen atoms in total. The molecule has 2 saturated carbocycles. The maximum atomic E-state index is 14.7. The third kappa shape index (κ3) is 3.88. The van der Waals surface area contributed by atoms with Gasteiger partial charge in [0.05, 0.1) is 11.6 Å². The van der Waals surface area contributed by atoms with Crippen molar-refractivity contribution in [3.8, 4) is 6.07 Å². The number of benzene rings is 2. The normalized spacial score (nSPS) is 27.9. The van der Waals surface area contributed by atoms with Gasteiger partial charge in [-0.1, -0.05) is 44.7 Å². The standard InChI is InChI=1S/C25H30FN/c1-2-3-4-17-5-7-20-13-21(10-9-19(20)11-17)23-14-22-8-6-18(16-27)12-24(22)25(26)15-23/h6,8,12,14-15,17,19-21H,2-5,7,9-11,13H2,1H3/t17-,19?,20-,21?/m1/s1. The largest absolute Gasteiger partial charge is 0.206 e. The highest BCUT2D eigenvalue weighted by atomic mass is 19.1. The number of halogens is 1. The second-order valence-corrected chi connectivity index (χ2v) is 8.90. The Labute approximate surface area is 162 Å². The van der Waals surface area contributed by atoms with Crippen LogP contribution in [0.25, 0.3) is 10.8 Å². The van der Waals surface area contributed by atoms with Crippen LogP contribution >= 0.6 is 0 Å². The highest BCUT2D eigenvalue weighted by molar-refractivity contribution is 5.85. The Bertz CT molecular complexity index is 849. The third-order valence-electron chi connectivity index (χ3n) is 7.21. The molecule has 2 unspecified atom stereocenters. The van der Waals surface area contributed by atoms with E-state index in [1.165, 1.54) is 57.8 Å². The van der Waals surface area contributed by atoms with Crippen LogP contribution in [0.15, 0.2) is 30.3 Å². The molecule has 142 valence electrons.